The molecule has 1 amide bonds. The Hall–Kier alpha value is -2.22. The Kier molecular flexibility index (Phi) is 4.92. The number of carbonyl (C=O) groups excluding carboxylic acids is 2. The molecule has 0 spiro atoms. The molecule has 1 fully saturated rings. The van der Waals surface area contributed by atoms with Gasteiger partial charge in [0.05, 0.1) is 17.7 Å². The fourth-order valence-corrected chi connectivity index (χ4v) is 2.72. The van der Waals surface area contributed by atoms with Gasteiger partial charge in [0.1, 0.15) is 0 Å². The van der Waals surface area contributed by atoms with Gasteiger partial charge >= 0.3 is 5.97 Å². The van der Waals surface area contributed by atoms with E-state index in [1.807, 2.05) is 0 Å². The second kappa shape index (κ2) is 6.69. The number of rotatable bonds is 3. The van der Waals surface area contributed by atoms with Crippen LogP contribution in [0, 0.1) is 11.6 Å². The summed E-state index contributed by atoms with van der Waals surface area (Å²) >= 11 is 0.971. The number of likely N-dealkylation sites (N-methyl/N-ethyl adjacent to an activating group) is 1. The van der Waals surface area contributed by atoms with Crippen LogP contribution >= 0.6 is 11.8 Å². The summed E-state index contributed by atoms with van der Waals surface area (Å²) in [5.41, 5.74) is 0.173. The van der Waals surface area contributed by atoms with Gasteiger partial charge in [0.2, 0.25) is 0 Å². The van der Waals surface area contributed by atoms with E-state index in [0.717, 1.165) is 30.0 Å². The molecule has 0 radical (unpaired) electrons. The standard InChI is InChI=1S/C14H12F2N2O3S/c1-3-18-13(20)11(7-12(19)21-2)22-14(18)17-8-4-5-9(15)10(16)6-8/h4-7H,3H2,1-2H3/b11-7-,17-14?. The Morgan fingerprint density at radius 3 is 2.73 bits per heavy atom. The number of carbonyl (C=O) groups is 2. The van der Waals surface area contributed by atoms with Crippen molar-refractivity contribution >= 4 is 34.5 Å². The van der Waals surface area contributed by atoms with E-state index in [9.17, 15) is 18.4 Å². The number of methoxy groups -OCH3 is 1. The highest BCUT2D eigenvalue weighted by molar-refractivity contribution is 8.18. The van der Waals surface area contributed by atoms with E-state index in [2.05, 4.69) is 9.73 Å². The quantitative estimate of drug-likeness (QED) is 0.633. The molecule has 1 saturated heterocycles. The Bertz CT molecular complexity index is 689. The number of thioether (sulfide) groups is 1. The van der Waals surface area contributed by atoms with E-state index in [-0.39, 0.29) is 21.7 Å². The first-order valence-electron chi connectivity index (χ1n) is 6.29. The molecule has 0 aliphatic carbocycles. The van der Waals surface area contributed by atoms with Gasteiger partial charge in [-0.2, -0.15) is 0 Å². The predicted octanol–water partition coefficient (Wildman–Crippen LogP) is 2.60. The van der Waals surface area contributed by atoms with Gasteiger partial charge in [-0.3, -0.25) is 9.69 Å². The highest BCUT2D eigenvalue weighted by atomic mass is 32.2. The van der Waals surface area contributed by atoms with Crippen molar-refractivity contribution in [2.24, 2.45) is 4.99 Å². The second-order valence-corrected chi connectivity index (χ2v) is 5.19. The van der Waals surface area contributed by atoms with Gasteiger partial charge in [-0.15, -0.1) is 0 Å². The van der Waals surface area contributed by atoms with E-state index in [0.29, 0.717) is 6.54 Å². The maximum atomic E-state index is 13.2. The van der Waals surface area contributed by atoms with Crippen molar-refractivity contribution in [1.29, 1.82) is 0 Å². The van der Waals surface area contributed by atoms with Gasteiger partial charge in [-0.25, -0.2) is 18.6 Å². The lowest BCUT2D eigenvalue weighted by molar-refractivity contribution is -0.135. The fourth-order valence-electron chi connectivity index (χ4n) is 1.70. The van der Waals surface area contributed by atoms with E-state index >= 15 is 0 Å². The van der Waals surface area contributed by atoms with Crippen LogP contribution in [-0.4, -0.2) is 35.6 Å². The third-order valence-electron chi connectivity index (χ3n) is 2.78. The summed E-state index contributed by atoms with van der Waals surface area (Å²) in [6.45, 7) is 2.06. The van der Waals surface area contributed by atoms with Crippen LogP contribution in [0.3, 0.4) is 0 Å². The topological polar surface area (TPSA) is 59.0 Å². The van der Waals surface area contributed by atoms with Crippen LogP contribution in [0.5, 0.6) is 0 Å². The van der Waals surface area contributed by atoms with Crippen molar-refractivity contribution in [3.8, 4) is 0 Å². The Morgan fingerprint density at radius 2 is 2.14 bits per heavy atom. The van der Waals surface area contributed by atoms with Crippen molar-refractivity contribution in [3.63, 3.8) is 0 Å². The van der Waals surface area contributed by atoms with Crippen molar-refractivity contribution in [2.45, 2.75) is 6.92 Å². The van der Waals surface area contributed by atoms with E-state index in [4.69, 9.17) is 0 Å². The molecule has 0 atom stereocenters. The molecule has 5 nitrogen and oxygen atoms in total. The monoisotopic (exact) mass is 326 g/mol. The zero-order valence-corrected chi connectivity index (χ0v) is 12.6. The number of esters is 1. The van der Waals surface area contributed by atoms with Crippen LogP contribution in [0.15, 0.2) is 34.2 Å². The Balaban J connectivity index is 2.35. The number of halogens is 2. The zero-order chi connectivity index (χ0) is 16.3. The van der Waals surface area contributed by atoms with Gasteiger partial charge in [-0.05, 0) is 30.8 Å². The van der Waals surface area contributed by atoms with Crippen LogP contribution in [0.2, 0.25) is 0 Å². The predicted molar refractivity (Wildman–Crippen MR) is 78.5 cm³/mol. The molecular formula is C14H12F2N2O3S. The molecule has 0 aromatic heterocycles. The van der Waals surface area contributed by atoms with Crippen molar-refractivity contribution < 1.29 is 23.1 Å². The normalized spacial score (nSPS) is 18.4. The average molecular weight is 326 g/mol. The highest BCUT2D eigenvalue weighted by Gasteiger charge is 2.33. The molecule has 1 aromatic rings. The zero-order valence-electron chi connectivity index (χ0n) is 11.8. The molecule has 0 unspecified atom stereocenters. The molecule has 8 heteroatoms. The fraction of sp³-hybridized carbons (Fsp3) is 0.214. The van der Waals surface area contributed by atoms with E-state index in [1.165, 1.54) is 18.1 Å². The number of hydrogen-bond acceptors (Lipinski definition) is 5. The average Bonchev–Trinajstić information content (AvgIpc) is 2.78. The van der Waals surface area contributed by atoms with Gasteiger partial charge in [-0.1, -0.05) is 0 Å². The van der Waals surface area contributed by atoms with Gasteiger partial charge in [0, 0.05) is 18.7 Å². The third kappa shape index (κ3) is 3.33. The van der Waals surface area contributed by atoms with Crippen molar-refractivity contribution in [3.05, 3.63) is 40.8 Å². The minimum Gasteiger partial charge on any atom is -0.466 e. The lowest BCUT2D eigenvalue weighted by Gasteiger charge is -2.11. The summed E-state index contributed by atoms with van der Waals surface area (Å²) in [7, 11) is 1.21. The maximum Gasteiger partial charge on any atom is 0.331 e. The highest BCUT2D eigenvalue weighted by Crippen LogP contribution is 2.32. The molecule has 1 aromatic carbocycles. The van der Waals surface area contributed by atoms with Crippen LogP contribution in [0.4, 0.5) is 14.5 Å². The van der Waals surface area contributed by atoms with Crippen LogP contribution in [0.1, 0.15) is 6.92 Å². The summed E-state index contributed by atoms with van der Waals surface area (Å²) < 4.78 is 30.6. The number of hydrogen-bond donors (Lipinski definition) is 0. The smallest absolute Gasteiger partial charge is 0.331 e. The van der Waals surface area contributed by atoms with Gasteiger partial charge in [0.25, 0.3) is 5.91 Å². The first-order valence-corrected chi connectivity index (χ1v) is 7.11. The lowest BCUT2D eigenvalue weighted by Crippen LogP contribution is -2.28. The van der Waals surface area contributed by atoms with Crippen molar-refractivity contribution in [1.82, 2.24) is 4.90 Å². The first-order chi connectivity index (χ1) is 10.5. The summed E-state index contributed by atoms with van der Waals surface area (Å²) in [5, 5.41) is 0.286. The molecule has 1 aliphatic heterocycles. The molecule has 22 heavy (non-hydrogen) atoms. The molecule has 0 N–H and O–H groups in total. The molecule has 116 valence electrons. The Labute approximate surface area is 129 Å². The lowest BCUT2D eigenvalue weighted by atomic mass is 10.3. The Morgan fingerprint density at radius 1 is 1.41 bits per heavy atom. The SMILES string of the molecule is CCN1C(=O)/C(=C/C(=O)OC)SC1=Nc1ccc(F)c(F)c1. The number of amides is 1. The van der Waals surface area contributed by atoms with Gasteiger partial charge < -0.3 is 4.74 Å². The molecule has 2 rings (SSSR count). The molecule has 0 bridgehead atoms. The minimum atomic E-state index is -1.02. The molecular weight excluding hydrogens is 314 g/mol. The summed E-state index contributed by atoms with van der Waals surface area (Å²) in [4.78, 5) is 29.0. The molecule has 1 aliphatic rings. The summed E-state index contributed by atoms with van der Waals surface area (Å²) in [5.74, 6) is -3.04. The maximum absolute atomic E-state index is 13.2. The van der Waals surface area contributed by atoms with E-state index in [1.54, 1.807) is 6.92 Å². The third-order valence-corrected chi connectivity index (χ3v) is 3.79. The van der Waals surface area contributed by atoms with Crippen LogP contribution < -0.4 is 0 Å². The number of aliphatic imine (C=N–C) groups is 1. The van der Waals surface area contributed by atoms with E-state index < -0.39 is 17.6 Å². The number of nitrogens with zero attached hydrogens (tertiary/aromatic N) is 2. The molecule has 0 saturated carbocycles. The second-order valence-electron chi connectivity index (χ2n) is 4.18. The number of ether oxygens (including phenoxy) is 1. The number of amidine groups is 1. The van der Waals surface area contributed by atoms with Crippen LogP contribution in [0.25, 0.3) is 0 Å². The summed E-state index contributed by atoms with van der Waals surface area (Å²) in [6, 6.07) is 3.19. The summed E-state index contributed by atoms with van der Waals surface area (Å²) in [6.07, 6.45) is 1.07. The van der Waals surface area contributed by atoms with Gasteiger partial charge in [0.15, 0.2) is 16.8 Å². The van der Waals surface area contributed by atoms with Crippen LogP contribution in [-0.2, 0) is 14.3 Å². The van der Waals surface area contributed by atoms with Crippen molar-refractivity contribution in [2.75, 3.05) is 13.7 Å². The minimum absolute atomic E-state index is 0.162. The molecule has 1 heterocycles. The number of benzene rings is 1. The first kappa shape index (κ1) is 16.2. The largest absolute Gasteiger partial charge is 0.466 e.